The topological polar surface area (TPSA) is 82.9 Å². The van der Waals surface area contributed by atoms with E-state index in [2.05, 4.69) is 5.32 Å². The summed E-state index contributed by atoms with van der Waals surface area (Å²) in [7, 11) is 0. The lowest BCUT2D eigenvalue weighted by atomic mass is 10.1. The third-order valence-electron chi connectivity index (χ3n) is 5.45. The predicted octanol–water partition coefficient (Wildman–Crippen LogP) is 2.93. The van der Waals surface area contributed by atoms with Gasteiger partial charge in [0.15, 0.2) is 5.76 Å². The quantitative estimate of drug-likeness (QED) is 0.689. The van der Waals surface area contributed by atoms with Crippen molar-refractivity contribution in [3.63, 3.8) is 0 Å². The monoisotopic (exact) mass is 419 g/mol. The molecule has 1 aliphatic rings. The average Bonchev–Trinajstić information content (AvgIpc) is 3.23. The predicted molar refractivity (Wildman–Crippen MR) is 117 cm³/mol. The number of fused-ring (bicyclic) bond motifs is 1. The summed E-state index contributed by atoms with van der Waals surface area (Å²) in [6.45, 7) is 3.65. The molecule has 0 saturated carbocycles. The van der Waals surface area contributed by atoms with Gasteiger partial charge in [-0.05, 0) is 31.2 Å². The number of carbonyl (C=O) groups is 3. The summed E-state index contributed by atoms with van der Waals surface area (Å²) in [5.41, 5.74) is 1.26. The number of nitrogens with zero attached hydrogens (tertiary/aromatic N) is 2. The van der Waals surface area contributed by atoms with Gasteiger partial charge in [0.1, 0.15) is 5.58 Å². The number of benzene rings is 2. The molecule has 7 nitrogen and oxygen atoms in total. The smallest absolute Gasteiger partial charge is 0.289 e. The highest BCUT2D eigenvalue weighted by Gasteiger charge is 2.27. The molecular weight excluding hydrogens is 394 g/mol. The number of piperazine rings is 1. The van der Waals surface area contributed by atoms with Crippen LogP contribution in [0.2, 0.25) is 0 Å². The molecule has 7 heteroatoms. The van der Waals surface area contributed by atoms with Crippen LogP contribution in [0.15, 0.2) is 65.1 Å². The fourth-order valence-corrected chi connectivity index (χ4v) is 3.74. The number of carbonyl (C=O) groups excluding carboxylic acids is 3. The minimum Gasteiger partial charge on any atom is -0.451 e. The molecular formula is C24H25N3O4. The molecule has 1 atom stereocenters. The zero-order chi connectivity index (χ0) is 21.8. The van der Waals surface area contributed by atoms with Gasteiger partial charge >= 0.3 is 0 Å². The fraction of sp³-hybridized carbons (Fsp3) is 0.292. The van der Waals surface area contributed by atoms with Crippen LogP contribution in [-0.2, 0) is 4.79 Å². The lowest BCUT2D eigenvalue weighted by Crippen LogP contribution is -2.51. The van der Waals surface area contributed by atoms with Gasteiger partial charge < -0.3 is 19.5 Å². The van der Waals surface area contributed by atoms with E-state index in [1.165, 1.54) is 0 Å². The minimum absolute atomic E-state index is 0.0308. The van der Waals surface area contributed by atoms with Gasteiger partial charge in [0, 0.05) is 49.6 Å². The van der Waals surface area contributed by atoms with Crippen LogP contribution in [0.4, 0.5) is 0 Å². The van der Waals surface area contributed by atoms with Crippen molar-refractivity contribution in [2.75, 3.05) is 26.2 Å². The number of para-hydroxylation sites is 1. The molecule has 1 fully saturated rings. The van der Waals surface area contributed by atoms with Crippen molar-refractivity contribution in [1.82, 2.24) is 15.1 Å². The van der Waals surface area contributed by atoms with Crippen molar-refractivity contribution in [2.24, 2.45) is 0 Å². The molecule has 31 heavy (non-hydrogen) atoms. The summed E-state index contributed by atoms with van der Waals surface area (Å²) in [4.78, 5) is 41.1. The molecule has 1 unspecified atom stereocenters. The molecule has 0 spiro atoms. The van der Waals surface area contributed by atoms with Gasteiger partial charge in [0.05, 0.1) is 0 Å². The highest BCUT2D eigenvalue weighted by atomic mass is 16.3. The second-order valence-electron chi connectivity index (χ2n) is 7.77. The van der Waals surface area contributed by atoms with Gasteiger partial charge in [-0.2, -0.15) is 0 Å². The molecule has 3 amide bonds. The summed E-state index contributed by atoms with van der Waals surface area (Å²) in [5.74, 6) is -0.0659. The molecule has 3 aromatic rings. The van der Waals surface area contributed by atoms with Gasteiger partial charge in [-0.3, -0.25) is 14.4 Å². The summed E-state index contributed by atoms with van der Waals surface area (Å²) < 4.78 is 5.67. The van der Waals surface area contributed by atoms with Gasteiger partial charge in [0.25, 0.3) is 11.8 Å². The number of rotatable bonds is 5. The molecule has 0 bridgehead atoms. The van der Waals surface area contributed by atoms with Gasteiger partial charge in [-0.25, -0.2) is 0 Å². The third-order valence-corrected chi connectivity index (χ3v) is 5.45. The van der Waals surface area contributed by atoms with Crippen molar-refractivity contribution in [3.8, 4) is 0 Å². The Kier molecular flexibility index (Phi) is 6.02. The van der Waals surface area contributed by atoms with Crippen LogP contribution in [0.25, 0.3) is 11.0 Å². The van der Waals surface area contributed by atoms with E-state index >= 15 is 0 Å². The van der Waals surface area contributed by atoms with Crippen molar-refractivity contribution < 1.29 is 18.8 Å². The Bertz CT molecular complexity index is 1050. The Morgan fingerprint density at radius 1 is 0.935 bits per heavy atom. The van der Waals surface area contributed by atoms with Crippen LogP contribution in [0.1, 0.15) is 34.3 Å². The van der Waals surface area contributed by atoms with Crippen LogP contribution >= 0.6 is 0 Å². The molecule has 2 aromatic carbocycles. The van der Waals surface area contributed by atoms with Crippen LogP contribution < -0.4 is 5.32 Å². The maximum absolute atomic E-state index is 12.8. The van der Waals surface area contributed by atoms with Gasteiger partial charge in [-0.15, -0.1) is 0 Å². The first-order valence-corrected chi connectivity index (χ1v) is 10.4. The minimum atomic E-state index is -0.282. The van der Waals surface area contributed by atoms with Crippen LogP contribution in [0, 0.1) is 0 Å². The molecule has 160 valence electrons. The maximum atomic E-state index is 12.8. The first kappa shape index (κ1) is 20.7. The number of amides is 3. The van der Waals surface area contributed by atoms with Crippen molar-refractivity contribution in [3.05, 3.63) is 72.0 Å². The van der Waals surface area contributed by atoms with Crippen LogP contribution in [0.5, 0.6) is 0 Å². The molecule has 1 saturated heterocycles. The molecule has 1 aliphatic heterocycles. The van der Waals surface area contributed by atoms with Gasteiger partial charge in [0.2, 0.25) is 5.91 Å². The number of nitrogens with one attached hydrogen (secondary N) is 1. The summed E-state index contributed by atoms with van der Waals surface area (Å²) >= 11 is 0. The van der Waals surface area contributed by atoms with Crippen molar-refractivity contribution >= 4 is 28.7 Å². The second kappa shape index (κ2) is 9.04. The number of hydrogen-bond donors (Lipinski definition) is 1. The highest BCUT2D eigenvalue weighted by molar-refractivity contribution is 5.96. The fourth-order valence-electron chi connectivity index (χ4n) is 3.74. The van der Waals surface area contributed by atoms with E-state index in [4.69, 9.17) is 4.42 Å². The first-order chi connectivity index (χ1) is 15.0. The van der Waals surface area contributed by atoms with E-state index in [1.807, 2.05) is 37.3 Å². The van der Waals surface area contributed by atoms with E-state index < -0.39 is 0 Å². The van der Waals surface area contributed by atoms with Crippen molar-refractivity contribution in [2.45, 2.75) is 19.4 Å². The largest absolute Gasteiger partial charge is 0.451 e. The number of hydrogen-bond acceptors (Lipinski definition) is 4. The Morgan fingerprint density at radius 2 is 1.58 bits per heavy atom. The normalized spacial score (nSPS) is 15.0. The molecule has 0 aliphatic carbocycles. The van der Waals surface area contributed by atoms with Crippen LogP contribution in [0.3, 0.4) is 0 Å². The van der Waals surface area contributed by atoms with Crippen LogP contribution in [-0.4, -0.2) is 59.7 Å². The standard InChI is InChI=1S/C24H25N3O4/c1-17(25-23(29)18-7-3-2-4-8-18)15-22(28)26-11-13-27(14-12-26)24(30)21-16-19-9-5-6-10-20(19)31-21/h2-10,16-17H,11-15H2,1H3,(H,25,29). The highest BCUT2D eigenvalue weighted by Crippen LogP contribution is 2.20. The molecule has 4 rings (SSSR count). The molecule has 0 radical (unpaired) electrons. The Labute approximate surface area is 180 Å². The maximum Gasteiger partial charge on any atom is 0.289 e. The lowest BCUT2D eigenvalue weighted by molar-refractivity contribution is -0.133. The number of furan rings is 1. The summed E-state index contributed by atoms with van der Waals surface area (Å²) in [5, 5.41) is 3.76. The van der Waals surface area contributed by atoms with Crippen molar-refractivity contribution in [1.29, 1.82) is 0 Å². The zero-order valence-electron chi connectivity index (χ0n) is 17.4. The Morgan fingerprint density at radius 3 is 2.29 bits per heavy atom. The Balaban J connectivity index is 1.27. The zero-order valence-corrected chi connectivity index (χ0v) is 17.4. The van der Waals surface area contributed by atoms with E-state index in [1.54, 1.807) is 40.1 Å². The summed E-state index contributed by atoms with van der Waals surface area (Å²) in [6.07, 6.45) is 0.218. The molecule has 1 N–H and O–H groups in total. The van der Waals surface area contributed by atoms with E-state index in [9.17, 15) is 14.4 Å². The SMILES string of the molecule is CC(CC(=O)N1CCN(C(=O)c2cc3ccccc3o2)CC1)NC(=O)c1ccccc1. The Hall–Kier alpha value is -3.61. The molecule has 1 aromatic heterocycles. The average molecular weight is 419 g/mol. The summed E-state index contributed by atoms with van der Waals surface area (Å²) in [6, 6.07) is 17.9. The van der Waals surface area contributed by atoms with E-state index in [-0.39, 0.29) is 30.2 Å². The van der Waals surface area contributed by atoms with Gasteiger partial charge in [-0.1, -0.05) is 36.4 Å². The first-order valence-electron chi connectivity index (χ1n) is 10.4. The van der Waals surface area contributed by atoms with E-state index in [0.717, 1.165) is 5.39 Å². The third kappa shape index (κ3) is 4.77. The second-order valence-corrected chi connectivity index (χ2v) is 7.77. The molecule has 2 heterocycles. The van der Waals surface area contributed by atoms with E-state index in [0.29, 0.717) is 43.1 Å². The lowest BCUT2D eigenvalue weighted by Gasteiger charge is -2.34.